The molecule has 1 atom stereocenters. The minimum atomic E-state index is -4.37. The van der Waals surface area contributed by atoms with Crippen molar-refractivity contribution in [1.29, 1.82) is 0 Å². The summed E-state index contributed by atoms with van der Waals surface area (Å²) in [6.45, 7) is 0. The number of thioether (sulfide) groups is 1. The number of carboxylic acids is 1. The molecule has 0 aliphatic carbocycles. The molecule has 1 amide bonds. The van der Waals surface area contributed by atoms with Crippen LogP contribution in [0.4, 0.5) is 13.2 Å². The molecule has 0 rings (SSSR count). The zero-order valence-electron chi connectivity index (χ0n) is 6.87. The van der Waals surface area contributed by atoms with Gasteiger partial charge in [-0.15, -0.1) is 0 Å². The number of halogens is 3. The van der Waals surface area contributed by atoms with Crippen molar-refractivity contribution in [3.63, 3.8) is 0 Å². The molecule has 0 aromatic rings. The predicted molar refractivity (Wildman–Crippen MR) is 43.8 cm³/mol. The molecule has 0 aromatic carbocycles. The van der Waals surface area contributed by atoms with Crippen LogP contribution in [-0.4, -0.2) is 34.8 Å². The first-order valence-electron chi connectivity index (χ1n) is 3.50. The smallest absolute Gasteiger partial charge is 0.441 e. The zero-order chi connectivity index (χ0) is 11.2. The lowest BCUT2D eigenvalue weighted by atomic mass is 10.2. The van der Waals surface area contributed by atoms with Crippen LogP contribution in [0.3, 0.4) is 0 Å². The highest BCUT2D eigenvalue weighted by molar-refractivity contribution is 8.00. The Kier molecular flexibility index (Phi) is 5.36. The number of hydrogen-bond acceptors (Lipinski definition) is 3. The fourth-order valence-electron chi connectivity index (χ4n) is 0.653. The van der Waals surface area contributed by atoms with Crippen LogP contribution in [-0.2, 0) is 9.59 Å². The Bertz CT molecular complexity index is 209. The fraction of sp³-hybridized carbons (Fsp3) is 0.667. The van der Waals surface area contributed by atoms with Gasteiger partial charge in [0.05, 0.1) is 0 Å². The van der Waals surface area contributed by atoms with E-state index in [-0.39, 0.29) is 24.6 Å². The highest BCUT2D eigenvalue weighted by atomic mass is 32.2. The predicted octanol–water partition coefficient (Wildman–Crippen LogP) is 0.829. The molecule has 0 saturated heterocycles. The van der Waals surface area contributed by atoms with E-state index in [2.05, 4.69) is 0 Å². The Morgan fingerprint density at radius 3 is 2.50 bits per heavy atom. The first-order valence-corrected chi connectivity index (χ1v) is 4.48. The van der Waals surface area contributed by atoms with Gasteiger partial charge in [-0.05, 0) is 6.42 Å². The van der Waals surface area contributed by atoms with E-state index in [1.165, 1.54) is 0 Å². The second-order valence-corrected chi connectivity index (χ2v) is 3.42. The number of alkyl halides is 3. The minimum absolute atomic E-state index is 0.150. The van der Waals surface area contributed by atoms with Crippen LogP contribution in [0.5, 0.6) is 0 Å². The standard InChI is InChI=1S/C6H8F3NO3S/c7-6(8,9)14-2-1-4(5(12)13)10-3-11/h3-4H,1-2H2,(H,10,11)(H,12,13). The Morgan fingerprint density at radius 1 is 1.57 bits per heavy atom. The van der Waals surface area contributed by atoms with E-state index in [1.54, 1.807) is 0 Å². The van der Waals surface area contributed by atoms with Crippen LogP contribution >= 0.6 is 11.8 Å². The number of carbonyl (C=O) groups is 2. The summed E-state index contributed by atoms with van der Waals surface area (Å²) in [6.07, 6.45) is -0.116. The van der Waals surface area contributed by atoms with Gasteiger partial charge in [-0.25, -0.2) is 4.79 Å². The van der Waals surface area contributed by atoms with Crippen molar-refractivity contribution in [3.8, 4) is 0 Å². The van der Waals surface area contributed by atoms with Gasteiger partial charge in [0, 0.05) is 5.75 Å². The molecule has 0 aliphatic heterocycles. The number of carboxylic acid groups (broad SMARTS) is 1. The summed E-state index contributed by atoms with van der Waals surface area (Å²) < 4.78 is 34.9. The minimum Gasteiger partial charge on any atom is -0.480 e. The molecule has 0 heterocycles. The van der Waals surface area contributed by atoms with Crippen LogP contribution in [0.2, 0.25) is 0 Å². The summed E-state index contributed by atoms with van der Waals surface area (Å²) in [7, 11) is 0. The molecule has 4 nitrogen and oxygen atoms in total. The first kappa shape index (κ1) is 13.1. The topological polar surface area (TPSA) is 66.4 Å². The molecule has 2 N–H and O–H groups in total. The molecule has 0 aliphatic rings. The van der Waals surface area contributed by atoms with Crippen molar-refractivity contribution in [2.24, 2.45) is 0 Å². The van der Waals surface area contributed by atoms with Crippen molar-refractivity contribution >= 4 is 24.1 Å². The van der Waals surface area contributed by atoms with Crippen molar-refractivity contribution < 1.29 is 27.9 Å². The van der Waals surface area contributed by atoms with E-state index in [4.69, 9.17) is 5.11 Å². The Labute approximate surface area is 81.9 Å². The van der Waals surface area contributed by atoms with Gasteiger partial charge in [0.15, 0.2) is 0 Å². The first-order chi connectivity index (χ1) is 6.37. The maximum Gasteiger partial charge on any atom is 0.441 e. The van der Waals surface area contributed by atoms with Gasteiger partial charge in [-0.1, -0.05) is 11.8 Å². The van der Waals surface area contributed by atoms with Gasteiger partial charge < -0.3 is 10.4 Å². The lowest BCUT2D eigenvalue weighted by Crippen LogP contribution is -2.36. The third-order valence-electron chi connectivity index (χ3n) is 1.24. The molecule has 1 unspecified atom stereocenters. The third-order valence-corrected chi connectivity index (χ3v) is 2.01. The molecule has 0 spiro atoms. The fourth-order valence-corrected chi connectivity index (χ4v) is 1.24. The van der Waals surface area contributed by atoms with Crippen molar-refractivity contribution in [2.75, 3.05) is 5.75 Å². The van der Waals surface area contributed by atoms with Crippen molar-refractivity contribution in [3.05, 3.63) is 0 Å². The van der Waals surface area contributed by atoms with E-state index in [9.17, 15) is 22.8 Å². The number of nitrogens with one attached hydrogen (secondary N) is 1. The molecule has 0 aromatic heterocycles. The van der Waals surface area contributed by atoms with Crippen LogP contribution < -0.4 is 5.32 Å². The molecular formula is C6H8F3NO3S. The Morgan fingerprint density at radius 2 is 2.14 bits per heavy atom. The average molecular weight is 231 g/mol. The molecule has 14 heavy (non-hydrogen) atoms. The summed E-state index contributed by atoms with van der Waals surface area (Å²) in [5, 5.41) is 10.3. The van der Waals surface area contributed by atoms with Crippen LogP contribution in [0, 0.1) is 0 Å². The van der Waals surface area contributed by atoms with Gasteiger partial charge >= 0.3 is 11.5 Å². The van der Waals surface area contributed by atoms with Gasteiger partial charge in [0.1, 0.15) is 6.04 Å². The molecule has 0 saturated carbocycles. The molecule has 8 heteroatoms. The third kappa shape index (κ3) is 6.58. The maximum absolute atomic E-state index is 11.6. The number of carbonyl (C=O) groups excluding carboxylic acids is 1. The largest absolute Gasteiger partial charge is 0.480 e. The summed E-state index contributed by atoms with van der Waals surface area (Å²) in [4.78, 5) is 20.2. The van der Waals surface area contributed by atoms with E-state index in [0.29, 0.717) is 0 Å². The van der Waals surface area contributed by atoms with Gasteiger partial charge in [-0.2, -0.15) is 13.2 Å². The maximum atomic E-state index is 11.6. The van der Waals surface area contributed by atoms with Gasteiger partial charge in [-0.3, -0.25) is 4.79 Å². The monoisotopic (exact) mass is 231 g/mol. The van der Waals surface area contributed by atoms with E-state index in [0.717, 1.165) is 0 Å². The summed E-state index contributed by atoms with van der Waals surface area (Å²) >= 11 is -0.314. The van der Waals surface area contributed by atoms with E-state index >= 15 is 0 Å². The number of aliphatic carboxylic acids is 1. The lowest BCUT2D eigenvalue weighted by Gasteiger charge is -2.11. The molecular weight excluding hydrogens is 223 g/mol. The summed E-state index contributed by atoms with van der Waals surface area (Å²) in [5.41, 5.74) is -4.37. The Balaban J connectivity index is 3.83. The van der Waals surface area contributed by atoms with E-state index < -0.39 is 23.3 Å². The van der Waals surface area contributed by atoms with Crippen molar-refractivity contribution in [2.45, 2.75) is 18.0 Å². The summed E-state index contributed by atoms with van der Waals surface area (Å²) in [5.74, 6) is -1.75. The number of hydrogen-bond donors (Lipinski definition) is 2. The average Bonchev–Trinajstić information content (AvgIpc) is 2.00. The molecule has 0 bridgehead atoms. The van der Waals surface area contributed by atoms with Gasteiger partial charge in [0.2, 0.25) is 6.41 Å². The molecule has 0 radical (unpaired) electrons. The van der Waals surface area contributed by atoms with Crippen LogP contribution in [0.15, 0.2) is 0 Å². The zero-order valence-corrected chi connectivity index (χ0v) is 7.69. The lowest BCUT2D eigenvalue weighted by molar-refractivity contribution is -0.140. The number of rotatable bonds is 6. The SMILES string of the molecule is O=CNC(CCSC(F)(F)F)C(=O)O. The normalized spacial score (nSPS) is 13.4. The van der Waals surface area contributed by atoms with Crippen LogP contribution in [0.1, 0.15) is 6.42 Å². The second-order valence-electron chi connectivity index (χ2n) is 2.26. The number of amides is 1. The summed E-state index contributed by atoms with van der Waals surface area (Å²) in [6, 6.07) is -1.26. The van der Waals surface area contributed by atoms with E-state index in [1.807, 2.05) is 5.32 Å². The van der Waals surface area contributed by atoms with Crippen LogP contribution in [0.25, 0.3) is 0 Å². The Hall–Kier alpha value is -0.920. The molecule has 82 valence electrons. The quantitative estimate of drug-likeness (QED) is 0.664. The van der Waals surface area contributed by atoms with Crippen molar-refractivity contribution in [1.82, 2.24) is 5.32 Å². The second kappa shape index (κ2) is 5.74. The highest BCUT2D eigenvalue weighted by Gasteiger charge is 2.28. The molecule has 0 fully saturated rings. The highest BCUT2D eigenvalue weighted by Crippen LogP contribution is 2.30. The van der Waals surface area contributed by atoms with Gasteiger partial charge in [0.25, 0.3) is 0 Å².